The molecule has 1 aliphatic heterocycles. The van der Waals surface area contributed by atoms with Gasteiger partial charge in [-0.3, -0.25) is 4.79 Å². The summed E-state index contributed by atoms with van der Waals surface area (Å²) in [6.45, 7) is 5.48. The van der Waals surface area contributed by atoms with Gasteiger partial charge in [-0.05, 0) is 43.4 Å². The van der Waals surface area contributed by atoms with E-state index in [-0.39, 0.29) is 11.9 Å². The van der Waals surface area contributed by atoms with E-state index in [2.05, 4.69) is 22.2 Å². The number of aryl methyl sites for hydroxylation is 1. The largest absolute Gasteiger partial charge is 0.424 e. The molecule has 2 aromatic carbocycles. The van der Waals surface area contributed by atoms with Crippen LogP contribution < -0.4 is 5.32 Å². The third-order valence-corrected chi connectivity index (χ3v) is 7.13. The number of anilines is 1. The molecule has 2 atom stereocenters. The first-order valence-electron chi connectivity index (χ1n) is 11.0. The zero-order valence-corrected chi connectivity index (χ0v) is 19.1. The number of thiazole rings is 1. The molecule has 1 aliphatic rings. The van der Waals surface area contributed by atoms with Gasteiger partial charge < -0.3 is 14.6 Å². The van der Waals surface area contributed by atoms with Crippen LogP contribution in [0.5, 0.6) is 0 Å². The van der Waals surface area contributed by atoms with Crippen molar-refractivity contribution in [1.82, 2.24) is 14.9 Å². The first kappa shape index (κ1) is 20.7. The van der Waals surface area contributed by atoms with Crippen molar-refractivity contribution in [2.24, 2.45) is 5.92 Å². The lowest BCUT2D eigenvalue weighted by Gasteiger charge is -2.39. The molecule has 164 valence electrons. The predicted molar refractivity (Wildman–Crippen MR) is 128 cm³/mol. The molecule has 0 unspecified atom stereocenters. The second-order valence-corrected chi connectivity index (χ2v) is 9.53. The molecule has 6 nitrogen and oxygen atoms in total. The van der Waals surface area contributed by atoms with Gasteiger partial charge >= 0.3 is 0 Å². The molecule has 1 amide bonds. The van der Waals surface area contributed by atoms with Crippen molar-refractivity contribution in [3.8, 4) is 10.4 Å². The molecule has 0 bridgehead atoms. The van der Waals surface area contributed by atoms with Crippen molar-refractivity contribution in [1.29, 1.82) is 0 Å². The fourth-order valence-electron chi connectivity index (χ4n) is 4.45. The van der Waals surface area contributed by atoms with Crippen molar-refractivity contribution in [2.45, 2.75) is 32.7 Å². The van der Waals surface area contributed by atoms with Crippen molar-refractivity contribution < 1.29 is 9.21 Å². The summed E-state index contributed by atoms with van der Waals surface area (Å²) in [5.74, 6) is 0.369. The maximum atomic E-state index is 13.7. The van der Waals surface area contributed by atoms with E-state index in [0.717, 1.165) is 45.9 Å². The van der Waals surface area contributed by atoms with Crippen LogP contribution >= 0.6 is 11.3 Å². The van der Waals surface area contributed by atoms with Crippen LogP contribution in [0.2, 0.25) is 0 Å². The van der Waals surface area contributed by atoms with Gasteiger partial charge in [0.25, 0.3) is 11.9 Å². The van der Waals surface area contributed by atoms with Gasteiger partial charge in [-0.15, -0.1) is 11.3 Å². The van der Waals surface area contributed by atoms with Crippen LogP contribution in [-0.4, -0.2) is 39.9 Å². The minimum absolute atomic E-state index is 0.00381. The number of amides is 1. The first-order chi connectivity index (χ1) is 15.6. The van der Waals surface area contributed by atoms with Crippen molar-refractivity contribution in [3.05, 3.63) is 65.3 Å². The second kappa shape index (κ2) is 8.74. The molecule has 2 aromatic heterocycles. The molecular weight excluding hydrogens is 420 g/mol. The van der Waals surface area contributed by atoms with Crippen LogP contribution in [0.1, 0.15) is 35.3 Å². The lowest BCUT2D eigenvalue weighted by molar-refractivity contribution is 0.0534. The van der Waals surface area contributed by atoms with Gasteiger partial charge in [0.15, 0.2) is 5.58 Å². The Balaban J connectivity index is 1.39. The summed E-state index contributed by atoms with van der Waals surface area (Å²) in [5, 5.41) is 4.23. The number of carbonyl (C=O) groups excluding carboxylic acids is 1. The third kappa shape index (κ3) is 4.00. The Morgan fingerprint density at radius 1 is 1.16 bits per heavy atom. The van der Waals surface area contributed by atoms with E-state index in [4.69, 9.17) is 4.42 Å². The Labute approximate surface area is 191 Å². The van der Waals surface area contributed by atoms with Gasteiger partial charge in [-0.1, -0.05) is 49.4 Å². The van der Waals surface area contributed by atoms with Gasteiger partial charge in [0.2, 0.25) is 0 Å². The fourth-order valence-corrected chi connectivity index (χ4v) is 5.36. The number of fused-ring (bicyclic) bond motifs is 1. The number of oxazole rings is 1. The number of carbonyl (C=O) groups is 1. The highest BCUT2D eigenvalue weighted by molar-refractivity contribution is 7.15. The number of hydrogen-bond donors (Lipinski definition) is 1. The number of piperidine rings is 1. The summed E-state index contributed by atoms with van der Waals surface area (Å²) >= 11 is 1.58. The highest BCUT2D eigenvalue weighted by atomic mass is 32.1. The van der Waals surface area contributed by atoms with E-state index < -0.39 is 0 Å². The van der Waals surface area contributed by atoms with E-state index in [1.807, 2.05) is 66.4 Å². The number of likely N-dealkylation sites (tertiary alicyclic amines) is 1. The summed E-state index contributed by atoms with van der Waals surface area (Å²) in [6, 6.07) is 18.3. The SMILES string of the molecule is Cc1nc(C(=O)N2CCC[C@H](C)[C@@H]2CNc2nc3ccccc3o2)c(-c2ccccc2)s1. The molecule has 0 spiro atoms. The predicted octanol–water partition coefficient (Wildman–Crippen LogP) is 5.61. The first-order valence-corrected chi connectivity index (χ1v) is 11.8. The monoisotopic (exact) mass is 446 g/mol. The lowest BCUT2D eigenvalue weighted by Crippen LogP contribution is -2.51. The normalized spacial score (nSPS) is 18.8. The zero-order valence-electron chi connectivity index (χ0n) is 18.2. The maximum Gasteiger partial charge on any atom is 0.295 e. The van der Waals surface area contributed by atoms with E-state index >= 15 is 0 Å². The smallest absolute Gasteiger partial charge is 0.295 e. The minimum atomic E-state index is 0.00381. The van der Waals surface area contributed by atoms with E-state index in [9.17, 15) is 4.79 Å². The summed E-state index contributed by atoms with van der Waals surface area (Å²) in [6.07, 6.45) is 2.08. The summed E-state index contributed by atoms with van der Waals surface area (Å²) in [7, 11) is 0. The number of aromatic nitrogens is 2. The Hall–Kier alpha value is -3.19. The summed E-state index contributed by atoms with van der Waals surface area (Å²) in [4.78, 5) is 25.8. The van der Waals surface area contributed by atoms with Gasteiger partial charge in [0, 0.05) is 13.1 Å². The van der Waals surface area contributed by atoms with E-state index in [1.54, 1.807) is 11.3 Å². The Morgan fingerprint density at radius 2 is 1.94 bits per heavy atom. The average molecular weight is 447 g/mol. The molecule has 1 saturated heterocycles. The van der Waals surface area contributed by atoms with Crippen LogP contribution in [0, 0.1) is 12.8 Å². The average Bonchev–Trinajstić information content (AvgIpc) is 3.41. The van der Waals surface area contributed by atoms with Crippen LogP contribution in [-0.2, 0) is 0 Å². The van der Waals surface area contributed by atoms with E-state index in [0.29, 0.717) is 24.2 Å². The Bertz CT molecular complexity index is 1200. The maximum absolute atomic E-state index is 13.7. The third-order valence-electron chi connectivity index (χ3n) is 6.11. The molecule has 3 heterocycles. The number of rotatable bonds is 5. The zero-order chi connectivity index (χ0) is 22.1. The fraction of sp³-hybridized carbons (Fsp3) is 0.320. The Kier molecular flexibility index (Phi) is 5.66. The standard InChI is InChI=1S/C25H26N4O2S/c1-16-9-8-14-29(20(16)15-26-25-28-19-12-6-7-13-21(19)31-25)24(30)22-23(32-17(2)27-22)18-10-4-3-5-11-18/h3-7,10-13,16,20H,8-9,14-15H2,1-2H3,(H,26,28)/t16-,20-/m0/s1. The minimum Gasteiger partial charge on any atom is -0.424 e. The molecule has 0 radical (unpaired) electrons. The number of nitrogens with zero attached hydrogens (tertiary/aromatic N) is 3. The molecule has 0 saturated carbocycles. The van der Waals surface area contributed by atoms with E-state index in [1.165, 1.54) is 0 Å². The molecule has 5 rings (SSSR count). The number of benzene rings is 2. The summed E-state index contributed by atoms with van der Waals surface area (Å²) < 4.78 is 5.82. The van der Waals surface area contributed by atoms with Gasteiger partial charge in [0.05, 0.1) is 15.9 Å². The van der Waals surface area contributed by atoms with Gasteiger partial charge in [0.1, 0.15) is 11.2 Å². The molecule has 32 heavy (non-hydrogen) atoms. The van der Waals surface area contributed by atoms with Crippen molar-refractivity contribution >= 4 is 34.4 Å². The highest BCUT2D eigenvalue weighted by Crippen LogP contribution is 2.33. The van der Waals surface area contributed by atoms with Gasteiger partial charge in [-0.2, -0.15) is 4.98 Å². The lowest BCUT2D eigenvalue weighted by atomic mass is 9.90. The second-order valence-electron chi connectivity index (χ2n) is 8.33. The quantitative estimate of drug-likeness (QED) is 0.431. The number of hydrogen-bond acceptors (Lipinski definition) is 6. The topological polar surface area (TPSA) is 71.3 Å². The van der Waals surface area contributed by atoms with Crippen LogP contribution in [0.25, 0.3) is 21.5 Å². The molecule has 1 N–H and O–H groups in total. The molecular formula is C25H26N4O2S. The Morgan fingerprint density at radius 3 is 2.75 bits per heavy atom. The number of nitrogens with one attached hydrogen (secondary N) is 1. The van der Waals surface area contributed by atoms with Gasteiger partial charge in [-0.25, -0.2) is 4.98 Å². The molecule has 7 heteroatoms. The molecule has 1 fully saturated rings. The summed E-state index contributed by atoms with van der Waals surface area (Å²) in [5.41, 5.74) is 3.17. The molecule has 4 aromatic rings. The van der Waals surface area contributed by atoms with Crippen molar-refractivity contribution in [2.75, 3.05) is 18.4 Å². The van der Waals surface area contributed by atoms with Crippen LogP contribution in [0.3, 0.4) is 0 Å². The van der Waals surface area contributed by atoms with Crippen molar-refractivity contribution in [3.63, 3.8) is 0 Å². The highest BCUT2D eigenvalue weighted by Gasteiger charge is 2.34. The molecule has 0 aliphatic carbocycles. The number of para-hydroxylation sites is 2. The van der Waals surface area contributed by atoms with Crippen LogP contribution in [0.4, 0.5) is 6.01 Å². The van der Waals surface area contributed by atoms with Crippen LogP contribution in [0.15, 0.2) is 59.0 Å².